The van der Waals surface area contributed by atoms with Gasteiger partial charge >= 0.3 is 0 Å². The minimum atomic E-state index is -3.73. The molecule has 0 radical (unpaired) electrons. The average molecular weight is 509 g/mol. The molecule has 2 aliphatic heterocycles. The molecule has 2 aromatic carbocycles. The topological polar surface area (TPSA) is 105 Å². The van der Waals surface area contributed by atoms with E-state index in [1.54, 1.807) is 23.9 Å². The van der Waals surface area contributed by atoms with Gasteiger partial charge in [0.25, 0.3) is 0 Å². The average Bonchev–Trinajstić information content (AvgIpc) is 3.04. The molecule has 1 atom stereocenters. The number of nitrogens with one attached hydrogen (secondary N) is 1. The number of benzene rings is 2. The maximum absolute atomic E-state index is 13.0. The molecule has 1 amide bonds. The van der Waals surface area contributed by atoms with Crippen LogP contribution in [0.5, 0.6) is 0 Å². The number of fused-ring (bicyclic) bond motifs is 2. The number of likely N-dealkylation sites (tertiary alicyclic amines) is 1. The van der Waals surface area contributed by atoms with E-state index in [1.807, 2.05) is 6.08 Å². The molecule has 0 aromatic heterocycles. The number of hydrogen-bond acceptors (Lipinski definition) is 6. The van der Waals surface area contributed by atoms with Crippen LogP contribution in [0, 0.1) is 5.92 Å². The second-order valence-electron chi connectivity index (χ2n) is 8.95. The number of carbonyl (C=O) groups excluding carboxylic acids is 1. The number of hydrogen-bond donors (Lipinski definition) is 2. The van der Waals surface area contributed by atoms with Gasteiger partial charge in [0.1, 0.15) is 5.84 Å². The summed E-state index contributed by atoms with van der Waals surface area (Å²) >= 11 is 1.72. The SMILES string of the molecule is NS(=O)(=O)c1ccc(CNC(=O)C2C=C3N=C(N4CCCCC4)c4ccccc4SC3=CC2)cc1. The summed E-state index contributed by atoms with van der Waals surface area (Å²) in [6.45, 7) is 2.30. The minimum absolute atomic E-state index is 0.0523. The lowest BCUT2D eigenvalue weighted by Gasteiger charge is -2.30. The van der Waals surface area contributed by atoms with Crippen LogP contribution in [-0.2, 0) is 21.4 Å². The number of rotatable bonds is 4. The van der Waals surface area contributed by atoms with Crippen LogP contribution in [0.3, 0.4) is 0 Å². The number of piperidine rings is 1. The van der Waals surface area contributed by atoms with Gasteiger partial charge in [-0.3, -0.25) is 4.79 Å². The predicted molar refractivity (Wildman–Crippen MR) is 138 cm³/mol. The van der Waals surface area contributed by atoms with Crippen molar-refractivity contribution in [2.75, 3.05) is 13.1 Å². The van der Waals surface area contributed by atoms with Crippen molar-refractivity contribution >= 4 is 33.5 Å². The Bertz CT molecular complexity index is 1320. The summed E-state index contributed by atoms with van der Waals surface area (Å²) in [6, 6.07) is 14.6. The van der Waals surface area contributed by atoms with Gasteiger partial charge in [-0.15, -0.1) is 0 Å². The van der Waals surface area contributed by atoms with Crippen LogP contribution in [0.15, 0.2) is 86.1 Å². The van der Waals surface area contributed by atoms with Gasteiger partial charge in [-0.05, 0) is 55.5 Å². The number of allylic oxidation sites excluding steroid dienone is 1. The maximum atomic E-state index is 13.0. The maximum Gasteiger partial charge on any atom is 0.238 e. The highest BCUT2D eigenvalue weighted by molar-refractivity contribution is 8.03. The first-order valence-electron chi connectivity index (χ1n) is 11.8. The van der Waals surface area contributed by atoms with Crippen molar-refractivity contribution in [3.8, 4) is 0 Å². The predicted octanol–water partition coefficient (Wildman–Crippen LogP) is 3.78. The summed E-state index contributed by atoms with van der Waals surface area (Å²) in [6.07, 6.45) is 8.29. The van der Waals surface area contributed by atoms with Crippen LogP contribution in [-0.4, -0.2) is 38.2 Å². The second-order valence-corrected chi connectivity index (χ2v) is 11.6. The quantitative estimate of drug-likeness (QED) is 0.654. The number of primary sulfonamides is 1. The van der Waals surface area contributed by atoms with Crippen molar-refractivity contribution in [2.24, 2.45) is 16.0 Å². The molecule has 5 rings (SSSR count). The van der Waals surface area contributed by atoms with Crippen molar-refractivity contribution in [1.29, 1.82) is 0 Å². The Balaban J connectivity index is 1.34. The number of aliphatic imine (C=N–C) groups is 1. The summed E-state index contributed by atoms with van der Waals surface area (Å²) in [7, 11) is -3.73. The summed E-state index contributed by atoms with van der Waals surface area (Å²) in [4.78, 5) is 22.8. The first-order chi connectivity index (χ1) is 16.9. The van der Waals surface area contributed by atoms with Crippen LogP contribution in [0.4, 0.5) is 0 Å². The standard InChI is InChI=1S/C26H28N4O3S2/c27-35(32,33)20-11-8-18(9-12-20)17-28-26(31)19-10-13-24-22(16-19)29-25(30-14-4-1-5-15-30)21-6-2-3-7-23(21)34-24/h2-3,6-9,11-13,16,19H,1,4-5,10,14-15,17H2,(H,28,31)(H2,27,32,33). The molecule has 3 aliphatic rings. The Morgan fingerprint density at radius 1 is 1.09 bits per heavy atom. The molecule has 0 saturated carbocycles. The van der Waals surface area contributed by atoms with Gasteiger partial charge in [-0.25, -0.2) is 18.5 Å². The van der Waals surface area contributed by atoms with E-state index in [1.165, 1.54) is 36.3 Å². The third-order valence-corrected chi connectivity index (χ3v) is 8.55. The van der Waals surface area contributed by atoms with Gasteiger partial charge in [-0.2, -0.15) is 0 Å². The number of nitrogens with zero attached hydrogens (tertiary/aromatic N) is 2. The fraction of sp³-hybridized carbons (Fsp3) is 0.308. The highest BCUT2D eigenvalue weighted by Crippen LogP contribution is 2.41. The van der Waals surface area contributed by atoms with Crippen LogP contribution in [0.25, 0.3) is 0 Å². The van der Waals surface area contributed by atoms with E-state index in [-0.39, 0.29) is 16.7 Å². The van der Waals surface area contributed by atoms with Crippen molar-refractivity contribution in [1.82, 2.24) is 10.2 Å². The summed E-state index contributed by atoms with van der Waals surface area (Å²) in [5, 5.41) is 8.12. The number of amidine groups is 1. The summed E-state index contributed by atoms with van der Waals surface area (Å²) in [5.41, 5.74) is 2.81. The summed E-state index contributed by atoms with van der Waals surface area (Å²) in [5.74, 6) is 0.605. The monoisotopic (exact) mass is 508 g/mol. The smallest absolute Gasteiger partial charge is 0.238 e. The number of thioether (sulfide) groups is 1. The fourth-order valence-corrected chi connectivity index (χ4v) is 6.11. The van der Waals surface area contributed by atoms with Gasteiger partial charge in [0.05, 0.1) is 16.5 Å². The Morgan fingerprint density at radius 3 is 2.57 bits per heavy atom. The molecule has 0 bridgehead atoms. The van der Waals surface area contributed by atoms with Gasteiger partial charge in [0.15, 0.2) is 0 Å². The molecule has 2 aromatic rings. The van der Waals surface area contributed by atoms with Crippen molar-refractivity contribution in [2.45, 2.75) is 42.0 Å². The molecule has 182 valence electrons. The number of sulfonamides is 1. The molecule has 9 heteroatoms. The van der Waals surface area contributed by atoms with E-state index < -0.39 is 10.0 Å². The van der Waals surface area contributed by atoms with E-state index in [0.717, 1.165) is 40.7 Å². The molecule has 1 unspecified atom stereocenters. The molecule has 3 N–H and O–H groups in total. The van der Waals surface area contributed by atoms with Gasteiger partial charge in [-0.1, -0.05) is 48.2 Å². The van der Waals surface area contributed by atoms with Gasteiger partial charge < -0.3 is 10.2 Å². The zero-order chi connectivity index (χ0) is 24.4. The number of nitrogens with two attached hydrogens (primary N) is 1. The lowest BCUT2D eigenvalue weighted by atomic mass is 9.98. The molecule has 2 heterocycles. The number of amides is 1. The Hall–Kier alpha value is -2.88. The minimum Gasteiger partial charge on any atom is -0.356 e. The highest BCUT2D eigenvalue weighted by atomic mass is 32.2. The Kier molecular flexibility index (Phi) is 6.82. The molecule has 35 heavy (non-hydrogen) atoms. The van der Waals surface area contributed by atoms with Crippen molar-refractivity contribution in [3.05, 3.63) is 82.4 Å². The lowest BCUT2D eigenvalue weighted by molar-refractivity contribution is -0.123. The molecule has 7 nitrogen and oxygen atoms in total. The van der Waals surface area contributed by atoms with Crippen LogP contribution in [0.2, 0.25) is 0 Å². The molecule has 1 aliphatic carbocycles. The zero-order valence-electron chi connectivity index (χ0n) is 19.3. The molecule has 0 spiro atoms. The van der Waals surface area contributed by atoms with Crippen molar-refractivity contribution < 1.29 is 13.2 Å². The highest BCUT2D eigenvalue weighted by Gasteiger charge is 2.28. The first-order valence-corrected chi connectivity index (χ1v) is 14.2. The zero-order valence-corrected chi connectivity index (χ0v) is 20.9. The first kappa shape index (κ1) is 23.8. The lowest BCUT2D eigenvalue weighted by Crippen LogP contribution is -2.36. The normalized spacial score (nSPS) is 20.0. The Morgan fingerprint density at radius 2 is 1.83 bits per heavy atom. The van der Waals surface area contributed by atoms with E-state index in [4.69, 9.17) is 10.1 Å². The molecular formula is C26H28N4O3S2. The van der Waals surface area contributed by atoms with Crippen LogP contribution in [0.1, 0.15) is 36.8 Å². The third-order valence-electron chi connectivity index (χ3n) is 6.45. The Labute approximate surface area is 210 Å². The van der Waals surface area contributed by atoms with Gasteiger partial charge in [0, 0.05) is 35.0 Å². The van der Waals surface area contributed by atoms with E-state index >= 15 is 0 Å². The molecule has 1 fully saturated rings. The van der Waals surface area contributed by atoms with Crippen LogP contribution < -0.4 is 10.5 Å². The third kappa shape index (κ3) is 5.37. The summed E-state index contributed by atoms with van der Waals surface area (Å²) < 4.78 is 22.9. The van der Waals surface area contributed by atoms with E-state index in [0.29, 0.717) is 13.0 Å². The fourth-order valence-electron chi connectivity index (χ4n) is 4.55. The largest absolute Gasteiger partial charge is 0.356 e. The van der Waals surface area contributed by atoms with Gasteiger partial charge in [0.2, 0.25) is 15.9 Å². The van der Waals surface area contributed by atoms with Crippen molar-refractivity contribution in [3.63, 3.8) is 0 Å². The second kappa shape index (κ2) is 10.0. The molecule has 1 saturated heterocycles. The molecular weight excluding hydrogens is 480 g/mol. The number of carbonyl (C=O) groups is 1. The van der Waals surface area contributed by atoms with E-state index in [9.17, 15) is 13.2 Å². The van der Waals surface area contributed by atoms with E-state index in [2.05, 4.69) is 40.6 Å². The van der Waals surface area contributed by atoms with Crippen LogP contribution >= 0.6 is 11.8 Å².